The molecule has 7 nitrogen and oxygen atoms in total. The summed E-state index contributed by atoms with van der Waals surface area (Å²) in [5.74, 6) is -0.805. The third-order valence-corrected chi connectivity index (χ3v) is 6.07. The van der Waals surface area contributed by atoms with Gasteiger partial charge in [-0.25, -0.2) is 31.3 Å². The number of hydrogen-bond acceptors (Lipinski definition) is 6. The van der Waals surface area contributed by atoms with Gasteiger partial charge >= 0.3 is 0 Å². The molecule has 0 saturated carbocycles. The molecular weight excluding hydrogens is 341 g/mol. The molecule has 1 aromatic heterocycles. The molecule has 2 rings (SSSR count). The van der Waals surface area contributed by atoms with Gasteiger partial charge in [0.2, 0.25) is 10.0 Å². The third-order valence-electron chi connectivity index (χ3n) is 2.36. The number of sulfonamides is 2. The second kappa shape index (κ2) is 5.33. The second-order valence-electron chi connectivity index (χ2n) is 3.99. The predicted octanol–water partition coefficient (Wildman–Crippen LogP) is 1.04. The topological polar surface area (TPSA) is 119 Å². The number of rotatable bonds is 4. The number of thiazole rings is 1. The van der Waals surface area contributed by atoms with Crippen molar-refractivity contribution in [1.82, 2.24) is 4.98 Å². The normalized spacial score (nSPS) is 12.3. The lowest BCUT2D eigenvalue weighted by Gasteiger charge is -2.10. The van der Waals surface area contributed by atoms with Crippen LogP contribution in [0.3, 0.4) is 0 Å². The van der Waals surface area contributed by atoms with Gasteiger partial charge in [-0.3, -0.25) is 4.72 Å². The van der Waals surface area contributed by atoms with Crippen molar-refractivity contribution in [3.05, 3.63) is 35.2 Å². The van der Waals surface area contributed by atoms with Crippen molar-refractivity contribution in [2.24, 2.45) is 5.14 Å². The number of aromatic nitrogens is 1. The SMILES string of the molecule is Cc1ncc(S(=O)(=O)Nc2cc(F)ccc2S(N)(=O)=O)s1. The minimum atomic E-state index is -4.21. The highest BCUT2D eigenvalue weighted by atomic mass is 32.2. The molecule has 11 heteroatoms. The molecule has 1 aromatic carbocycles. The summed E-state index contributed by atoms with van der Waals surface area (Å²) in [6, 6.07) is 2.50. The van der Waals surface area contributed by atoms with E-state index in [1.54, 1.807) is 6.92 Å². The molecule has 0 bridgehead atoms. The standard InChI is InChI=1S/C10H10FN3O4S3/c1-6-13-5-10(19-6)21(17,18)14-8-4-7(11)2-3-9(8)20(12,15)16/h2-5,14H,1H3,(H2,12,15,16). The molecule has 0 fully saturated rings. The van der Waals surface area contributed by atoms with E-state index in [2.05, 4.69) is 4.98 Å². The fraction of sp³-hybridized carbons (Fsp3) is 0.100. The highest BCUT2D eigenvalue weighted by Gasteiger charge is 2.22. The van der Waals surface area contributed by atoms with Crippen LogP contribution in [0.2, 0.25) is 0 Å². The Balaban J connectivity index is 2.51. The van der Waals surface area contributed by atoms with Crippen LogP contribution in [0.15, 0.2) is 33.5 Å². The van der Waals surface area contributed by atoms with E-state index >= 15 is 0 Å². The van der Waals surface area contributed by atoms with Gasteiger partial charge in [0.15, 0.2) is 4.21 Å². The van der Waals surface area contributed by atoms with Crippen LogP contribution in [0.25, 0.3) is 0 Å². The molecule has 0 atom stereocenters. The molecule has 0 aliphatic rings. The molecule has 114 valence electrons. The first-order valence-corrected chi connectivity index (χ1v) is 9.22. The summed E-state index contributed by atoms with van der Waals surface area (Å²) in [6.45, 7) is 1.61. The van der Waals surface area contributed by atoms with Gasteiger partial charge in [-0.2, -0.15) is 0 Å². The van der Waals surface area contributed by atoms with Gasteiger partial charge < -0.3 is 0 Å². The Morgan fingerprint density at radius 2 is 1.95 bits per heavy atom. The molecule has 0 amide bonds. The van der Waals surface area contributed by atoms with E-state index in [-0.39, 0.29) is 4.21 Å². The van der Waals surface area contributed by atoms with Crippen molar-refractivity contribution in [3.8, 4) is 0 Å². The van der Waals surface area contributed by atoms with Crippen LogP contribution in [0.4, 0.5) is 10.1 Å². The van der Waals surface area contributed by atoms with Crippen LogP contribution >= 0.6 is 11.3 Å². The van der Waals surface area contributed by atoms with E-state index in [1.165, 1.54) is 0 Å². The van der Waals surface area contributed by atoms with Crippen molar-refractivity contribution in [2.45, 2.75) is 16.0 Å². The summed E-state index contributed by atoms with van der Waals surface area (Å²) in [5.41, 5.74) is -0.455. The maximum Gasteiger partial charge on any atom is 0.273 e. The zero-order valence-electron chi connectivity index (χ0n) is 10.6. The Morgan fingerprint density at radius 1 is 1.29 bits per heavy atom. The molecule has 3 N–H and O–H groups in total. The van der Waals surface area contributed by atoms with Crippen LogP contribution in [-0.2, 0) is 20.0 Å². The van der Waals surface area contributed by atoms with Crippen LogP contribution in [0, 0.1) is 12.7 Å². The quantitative estimate of drug-likeness (QED) is 0.853. The van der Waals surface area contributed by atoms with E-state index < -0.39 is 36.4 Å². The van der Waals surface area contributed by atoms with Gasteiger partial charge in [0.05, 0.1) is 16.9 Å². The Kier molecular flexibility index (Phi) is 4.02. The van der Waals surface area contributed by atoms with E-state index in [9.17, 15) is 21.2 Å². The monoisotopic (exact) mass is 351 g/mol. The maximum absolute atomic E-state index is 13.2. The van der Waals surface area contributed by atoms with Crippen LogP contribution in [0.5, 0.6) is 0 Å². The molecule has 1 heterocycles. The summed E-state index contributed by atoms with van der Waals surface area (Å²) in [5, 5.41) is 5.49. The van der Waals surface area contributed by atoms with Gasteiger partial charge in [0.1, 0.15) is 10.7 Å². The number of primary sulfonamides is 1. The zero-order valence-corrected chi connectivity index (χ0v) is 13.0. The molecule has 0 aliphatic carbocycles. The van der Waals surface area contributed by atoms with Gasteiger partial charge in [0, 0.05) is 0 Å². The molecule has 0 aliphatic heterocycles. The molecule has 2 aromatic rings. The first kappa shape index (κ1) is 15.8. The fourth-order valence-electron chi connectivity index (χ4n) is 1.49. The molecular formula is C10H10FN3O4S3. The van der Waals surface area contributed by atoms with Gasteiger partial charge in [-0.15, -0.1) is 11.3 Å². The molecule has 0 spiro atoms. The first-order valence-electron chi connectivity index (χ1n) is 5.37. The lowest BCUT2D eigenvalue weighted by atomic mass is 10.3. The summed E-state index contributed by atoms with van der Waals surface area (Å²) in [7, 11) is -8.28. The highest BCUT2D eigenvalue weighted by Crippen LogP contribution is 2.26. The summed E-state index contributed by atoms with van der Waals surface area (Å²) in [6.07, 6.45) is 1.12. The van der Waals surface area contributed by atoms with Crippen LogP contribution in [0.1, 0.15) is 5.01 Å². The van der Waals surface area contributed by atoms with Gasteiger partial charge in [0.25, 0.3) is 10.0 Å². The lowest BCUT2D eigenvalue weighted by molar-refractivity contribution is 0.597. The molecule has 0 unspecified atom stereocenters. The van der Waals surface area contributed by atoms with Gasteiger partial charge in [-0.05, 0) is 25.1 Å². The number of nitrogens with zero attached hydrogens (tertiary/aromatic N) is 1. The molecule has 21 heavy (non-hydrogen) atoms. The second-order valence-corrected chi connectivity index (χ2v) is 8.66. The number of aryl methyl sites for hydroxylation is 1. The predicted molar refractivity (Wildman–Crippen MR) is 75.4 cm³/mol. The summed E-state index contributed by atoms with van der Waals surface area (Å²) in [4.78, 5) is 3.28. The van der Waals surface area contributed by atoms with E-state index in [4.69, 9.17) is 5.14 Å². The number of nitrogens with two attached hydrogens (primary N) is 1. The third kappa shape index (κ3) is 3.56. The van der Waals surface area contributed by atoms with Crippen molar-refractivity contribution < 1.29 is 21.2 Å². The average molecular weight is 351 g/mol. The number of halogens is 1. The Hall–Kier alpha value is -1.56. The summed E-state index contributed by atoms with van der Waals surface area (Å²) < 4.78 is 62.1. The van der Waals surface area contributed by atoms with Crippen molar-refractivity contribution in [1.29, 1.82) is 0 Å². The van der Waals surface area contributed by atoms with Crippen LogP contribution < -0.4 is 9.86 Å². The largest absolute Gasteiger partial charge is 0.277 e. The Labute approximate surface area is 124 Å². The van der Waals surface area contributed by atoms with E-state index in [0.29, 0.717) is 5.01 Å². The zero-order chi connectivity index (χ0) is 15.8. The molecule has 0 saturated heterocycles. The maximum atomic E-state index is 13.2. The van der Waals surface area contributed by atoms with E-state index in [1.807, 2.05) is 4.72 Å². The average Bonchev–Trinajstić information content (AvgIpc) is 2.74. The van der Waals surface area contributed by atoms with Crippen molar-refractivity contribution >= 4 is 37.1 Å². The Morgan fingerprint density at radius 3 is 2.48 bits per heavy atom. The smallest absolute Gasteiger partial charge is 0.273 e. The van der Waals surface area contributed by atoms with Gasteiger partial charge in [-0.1, -0.05) is 0 Å². The minimum Gasteiger partial charge on any atom is -0.277 e. The summed E-state index contributed by atoms with van der Waals surface area (Å²) >= 11 is 0.895. The van der Waals surface area contributed by atoms with Crippen molar-refractivity contribution in [3.63, 3.8) is 0 Å². The highest BCUT2D eigenvalue weighted by molar-refractivity contribution is 7.94. The Bertz CT molecular complexity index is 890. The fourth-order valence-corrected chi connectivity index (χ4v) is 4.41. The number of hydrogen-bond donors (Lipinski definition) is 2. The first-order chi connectivity index (χ1) is 9.59. The number of nitrogens with one attached hydrogen (secondary N) is 1. The number of benzene rings is 1. The van der Waals surface area contributed by atoms with Crippen molar-refractivity contribution in [2.75, 3.05) is 4.72 Å². The van der Waals surface area contributed by atoms with Crippen LogP contribution in [-0.4, -0.2) is 21.8 Å². The minimum absolute atomic E-state index is 0.121. The molecule has 0 radical (unpaired) electrons. The lowest BCUT2D eigenvalue weighted by Crippen LogP contribution is -2.18. The van der Waals surface area contributed by atoms with E-state index in [0.717, 1.165) is 35.7 Å². The number of anilines is 1.